The summed E-state index contributed by atoms with van der Waals surface area (Å²) in [5.74, 6) is 2.32. The van der Waals surface area contributed by atoms with E-state index in [1.807, 2.05) is 38.1 Å². The van der Waals surface area contributed by atoms with Gasteiger partial charge in [-0.2, -0.15) is 0 Å². The molecule has 0 aliphatic carbocycles. The molecule has 7 heteroatoms. The molecule has 1 amide bonds. The molecule has 2 heterocycles. The lowest BCUT2D eigenvalue weighted by atomic mass is 10.1. The fourth-order valence-corrected chi connectivity index (χ4v) is 3.19. The fraction of sp³-hybridized carbons (Fsp3) is 0.500. The minimum atomic E-state index is 0. The van der Waals surface area contributed by atoms with Crippen molar-refractivity contribution in [1.82, 2.24) is 15.8 Å². The van der Waals surface area contributed by atoms with E-state index in [-0.39, 0.29) is 18.3 Å². The summed E-state index contributed by atoms with van der Waals surface area (Å²) in [6.45, 7) is 7.14. The Morgan fingerprint density at radius 2 is 2.11 bits per heavy atom. The molecule has 0 radical (unpaired) electrons. The lowest BCUT2D eigenvalue weighted by Crippen LogP contribution is -2.27. The number of carbonyl (C=O) groups excluding carboxylic acids is 1. The van der Waals surface area contributed by atoms with Gasteiger partial charge in [-0.05, 0) is 63.4 Å². The summed E-state index contributed by atoms with van der Waals surface area (Å²) < 4.78 is 10.9. The van der Waals surface area contributed by atoms with Crippen LogP contribution in [0, 0.1) is 19.8 Å². The number of benzene rings is 1. The van der Waals surface area contributed by atoms with E-state index in [1.165, 1.54) is 6.42 Å². The first-order valence-electron chi connectivity index (χ1n) is 9.22. The van der Waals surface area contributed by atoms with E-state index in [1.54, 1.807) is 0 Å². The number of aryl methyl sites for hydroxylation is 2. The average molecular weight is 394 g/mol. The molecule has 1 aliphatic rings. The lowest BCUT2D eigenvalue weighted by Gasteiger charge is -2.10. The van der Waals surface area contributed by atoms with E-state index in [9.17, 15) is 4.79 Å². The number of hydrogen-bond acceptors (Lipinski definition) is 5. The molecule has 0 bridgehead atoms. The Hall–Kier alpha value is -2.05. The molecule has 1 atom stereocenters. The van der Waals surface area contributed by atoms with Crippen LogP contribution in [-0.2, 0) is 17.8 Å². The van der Waals surface area contributed by atoms with E-state index < -0.39 is 0 Å². The standard InChI is InChI=1S/C20H27N3O3.ClH/c1-14-19(15(2)26-23-14)13-25-18-5-3-16(4-6-18)11-20(24)22-10-8-17-7-9-21-12-17;/h3-6,17,21H,7-13H2,1-2H3,(H,22,24);1H. The van der Waals surface area contributed by atoms with Gasteiger partial charge in [0.15, 0.2) is 0 Å². The molecule has 148 valence electrons. The highest BCUT2D eigenvalue weighted by Gasteiger charge is 2.14. The van der Waals surface area contributed by atoms with Crippen LogP contribution in [0.2, 0.25) is 0 Å². The molecule has 0 spiro atoms. The number of ether oxygens (including phenoxy) is 1. The molecule has 6 nitrogen and oxygen atoms in total. The Morgan fingerprint density at radius 3 is 2.74 bits per heavy atom. The topological polar surface area (TPSA) is 76.4 Å². The van der Waals surface area contributed by atoms with Crippen molar-refractivity contribution in [2.75, 3.05) is 19.6 Å². The zero-order valence-corrected chi connectivity index (χ0v) is 16.7. The molecule has 3 rings (SSSR count). The molecule has 2 aromatic rings. The predicted molar refractivity (Wildman–Crippen MR) is 106 cm³/mol. The molecule has 2 N–H and O–H groups in total. The van der Waals surface area contributed by atoms with E-state index in [0.29, 0.717) is 18.9 Å². The number of halogens is 1. The third-order valence-electron chi connectivity index (χ3n) is 4.89. The van der Waals surface area contributed by atoms with Crippen molar-refractivity contribution in [2.24, 2.45) is 5.92 Å². The zero-order valence-electron chi connectivity index (χ0n) is 15.9. The van der Waals surface area contributed by atoms with Crippen LogP contribution in [0.4, 0.5) is 0 Å². The number of carbonyl (C=O) groups is 1. The Kier molecular flexibility index (Phi) is 8.13. The molecule has 1 unspecified atom stereocenters. The van der Waals surface area contributed by atoms with Gasteiger partial charge in [-0.25, -0.2) is 0 Å². The number of amides is 1. The Morgan fingerprint density at radius 1 is 1.33 bits per heavy atom. The number of aromatic nitrogens is 1. The van der Waals surface area contributed by atoms with E-state index in [2.05, 4.69) is 15.8 Å². The lowest BCUT2D eigenvalue weighted by molar-refractivity contribution is -0.120. The molecule has 0 saturated carbocycles. The first-order chi connectivity index (χ1) is 12.6. The van der Waals surface area contributed by atoms with Crippen molar-refractivity contribution >= 4 is 18.3 Å². The smallest absolute Gasteiger partial charge is 0.224 e. The second kappa shape index (κ2) is 10.3. The average Bonchev–Trinajstić information content (AvgIpc) is 3.25. The molecule has 1 aromatic carbocycles. The summed E-state index contributed by atoms with van der Waals surface area (Å²) >= 11 is 0. The number of hydrogen-bond donors (Lipinski definition) is 2. The second-order valence-corrected chi connectivity index (χ2v) is 6.91. The minimum absolute atomic E-state index is 0. The maximum atomic E-state index is 12.1. The molecule has 1 aliphatic heterocycles. The number of nitrogens with one attached hydrogen (secondary N) is 2. The summed E-state index contributed by atoms with van der Waals surface area (Å²) in [4.78, 5) is 12.1. The van der Waals surface area contributed by atoms with Gasteiger partial charge in [-0.15, -0.1) is 12.4 Å². The van der Waals surface area contributed by atoms with Gasteiger partial charge < -0.3 is 19.9 Å². The number of rotatable bonds is 8. The van der Waals surface area contributed by atoms with Crippen molar-refractivity contribution in [1.29, 1.82) is 0 Å². The van der Waals surface area contributed by atoms with Crippen LogP contribution in [0.5, 0.6) is 5.75 Å². The van der Waals surface area contributed by atoms with Crippen molar-refractivity contribution < 1.29 is 14.1 Å². The van der Waals surface area contributed by atoms with Gasteiger partial charge in [0.05, 0.1) is 17.7 Å². The first kappa shape index (κ1) is 21.3. The van der Waals surface area contributed by atoms with Gasteiger partial charge in [0.25, 0.3) is 0 Å². The van der Waals surface area contributed by atoms with Gasteiger partial charge in [-0.1, -0.05) is 17.3 Å². The SMILES string of the molecule is Cc1noc(C)c1COc1ccc(CC(=O)NCCC2CCNC2)cc1.Cl. The van der Waals surface area contributed by atoms with Gasteiger partial charge in [0.2, 0.25) is 5.91 Å². The van der Waals surface area contributed by atoms with Crippen molar-refractivity contribution in [3.8, 4) is 5.75 Å². The van der Waals surface area contributed by atoms with Crippen LogP contribution in [0.1, 0.15) is 35.4 Å². The van der Waals surface area contributed by atoms with E-state index >= 15 is 0 Å². The fourth-order valence-electron chi connectivity index (χ4n) is 3.19. The van der Waals surface area contributed by atoms with Gasteiger partial charge in [0.1, 0.15) is 18.1 Å². The third-order valence-corrected chi connectivity index (χ3v) is 4.89. The Labute approximate surface area is 166 Å². The predicted octanol–water partition coefficient (Wildman–Crippen LogP) is 2.95. The van der Waals surface area contributed by atoms with Gasteiger partial charge in [-0.3, -0.25) is 4.79 Å². The van der Waals surface area contributed by atoms with Gasteiger partial charge >= 0.3 is 0 Å². The van der Waals surface area contributed by atoms with Crippen LogP contribution >= 0.6 is 12.4 Å². The maximum absolute atomic E-state index is 12.1. The molecule has 27 heavy (non-hydrogen) atoms. The quantitative estimate of drug-likeness (QED) is 0.721. The normalized spacial score (nSPS) is 16.0. The second-order valence-electron chi connectivity index (χ2n) is 6.91. The van der Waals surface area contributed by atoms with Crippen LogP contribution in [0.15, 0.2) is 28.8 Å². The maximum Gasteiger partial charge on any atom is 0.224 e. The highest BCUT2D eigenvalue weighted by molar-refractivity contribution is 5.85. The molecule has 1 fully saturated rings. The van der Waals surface area contributed by atoms with Crippen LogP contribution in [0.3, 0.4) is 0 Å². The van der Waals surface area contributed by atoms with Gasteiger partial charge in [0, 0.05) is 6.54 Å². The van der Waals surface area contributed by atoms with Crippen LogP contribution in [-0.4, -0.2) is 30.7 Å². The molecular formula is C20H28ClN3O3. The number of nitrogens with zero attached hydrogens (tertiary/aromatic N) is 1. The summed E-state index contributed by atoms with van der Waals surface area (Å²) in [7, 11) is 0. The summed E-state index contributed by atoms with van der Waals surface area (Å²) in [6, 6.07) is 7.66. The third kappa shape index (κ3) is 6.26. The first-order valence-corrected chi connectivity index (χ1v) is 9.22. The van der Waals surface area contributed by atoms with E-state index in [0.717, 1.165) is 54.4 Å². The van der Waals surface area contributed by atoms with E-state index in [4.69, 9.17) is 9.26 Å². The molecule has 1 saturated heterocycles. The highest BCUT2D eigenvalue weighted by Crippen LogP contribution is 2.18. The Balaban J connectivity index is 0.00000261. The largest absolute Gasteiger partial charge is 0.489 e. The summed E-state index contributed by atoms with van der Waals surface area (Å²) in [5, 5.41) is 10.3. The molecular weight excluding hydrogens is 366 g/mol. The van der Waals surface area contributed by atoms with Crippen molar-refractivity contribution in [2.45, 2.75) is 39.7 Å². The molecule has 1 aromatic heterocycles. The van der Waals surface area contributed by atoms with Crippen molar-refractivity contribution in [3.63, 3.8) is 0 Å². The van der Waals surface area contributed by atoms with Crippen LogP contribution in [0.25, 0.3) is 0 Å². The summed E-state index contributed by atoms with van der Waals surface area (Å²) in [6.07, 6.45) is 2.66. The zero-order chi connectivity index (χ0) is 18.4. The monoisotopic (exact) mass is 393 g/mol. The minimum Gasteiger partial charge on any atom is -0.489 e. The van der Waals surface area contributed by atoms with Crippen LogP contribution < -0.4 is 15.4 Å². The van der Waals surface area contributed by atoms with Crippen molar-refractivity contribution in [3.05, 3.63) is 46.8 Å². The summed E-state index contributed by atoms with van der Waals surface area (Å²) in [5.41, 5.74) is 2.81. The Bertz CT molecular complexity index is 705. The highest BCUT2D eigenvalue weighted by atomic mass is 35.5.